The molecule has 0 spiro atoms. The third-order valence-electron chi connectivity index (χ3n) is 4.54. The number of nitrogens with two attached hydrogens (primary N) is 1. The van der Waals surface area contributed by atoms with Gasteiger partial charge in [0, 0.05) is 24.2 Å². The van der Waals surface area contributed by atoms with Crippen LogP contribution in [-0.2, 0) is 23.9 Å². The summed E-state index contributed by atoms with van der Waals surface area (Å²) in [5.74, 6) is -3.52. The summed E-state index contributed by atoms with van der Waals surface area (Å²) in [5.41, 5.74) is 6.11. The summed E-state index contributed by atoms with van der Waals surface area (Å²) >= 11 is 0. The molecule has 1 aliphatic heterocycles. The first kappa shape index (κ1) is 23.8. The van der Waals surface area contributed by atoms with Gasteiger partial charge in [-0.2, -0.15) is 0 Å². The Hall–Kier alpha value is -3.51. The molecular weight excluding hydrogens is 412 g/mol. The number of carboxylic acid groups (broad SMARTS) is 2. The number of nitrogen functional groups attached to an aromatic ring is 1. The molecule has 1 aromatic rings. The van der Waals surface area contributed by atoms with Crippen LogP contribution in [0.1, 0.15) is 22.8 Å². The Labute approximate surface area is 177 Å². The van der Waals surface area contributed by atoms with Crippen molar-refractivity contribution in [2.75, 3.05) is 26.3 Å². The van der Waals surface area contributed by atoms with Crippen molar-refractivity contribution >= 4 is 29.6 Å². The second-order valence-electron chi connectivity index (χ2n) is 6.92. The number of hydrogen-bond donors (Lipinski definition) is 5. The van der Waals surface area contributed by atoms with Crippen LogP contribution in [0.4, 0.5) is 0 Å². The zero-order valence-corrected chi connectivity index (χ0v) is 16.7. The molecule has 6 N–H and O–H groups in total. The van der Waals surface area contributed by atoms with Crippen LogP contribution in [0.5, 0.6) is 0 Å². The van der Waals surface area contributed by atoms with Gasteiger partial charge in [0.15, 0.2) is 0 Å². The molecule has 2 amide bonds. The lowest BCUT2D eigenvalue weighted by atomic mass is 10.1. The molecule has 1 fully saturated rings. The number of ether oxygens (including phenoxy) is 2. The first-order valence-corrected chi connectivity index (χ1v) is 9.29. The Bertz CT molecular complexity index is 831. The molecule has 3 atom stereocenters. The molecule has 0 saturated carbocycles. The van der Waals surface area contributed by atoms with E-state index < -0.39 is 55.2 Å². The van der Waals surface area contributed by atoms with Crippen LogP contribution < -0.4 is 11.1 Å². The maximum Gasteiger partial charge on any atom is 0.329 e. The van der Waals surface area contributed by atoms with Gasteiger partial charge in [0.25, 0.3) is 5.91 Å². The van der Waals surface area contributed by atoms with Crippen molar-refractivity contribution in [1.29, 1.82) is 5.41 Å². The van der Waals surface area contributed by atoms with Crippen LogP contribution in [-0.4, -0.2) is 89.3 Å². The predicted octanol–water partition coefficient (Wildman–Crippen LogP) is -1.13. The second-order valence-corrected chi connectivity index (χ2v) is 6.92. The number of rotatable bonds is 10. The van der Waals surface area contributed by atoms with Gasteiger partial charge in [-0.25, -0.2) is 9.59 Å². The number of benzene rings is 1. The Morgan fingerprint density at radius 1 is 1.06 bits per heavy atom. The van der Waals surface area contributed by atoms with E-state index in [1.165, 1.54) is 36.1 Å². The minimum Gasteiger partial charge on any atom is -0.480 e. The monoisotopic (exact) mass is 436 g/mol. The van der Waals surface area contributed by atoms with E-state index >= 15 is 0 Å². The van der Waals surface area contributed by atoms with Crippen LogP contribution >= 0.6 is 0 Å². The van der Waals surface area contributed by atoms with E-state index in [-0.39, 0.29) is 24.5 Å². The lowest BCUT2D eigenvalue weighted by molar-refractivity contribution is -0.152. The Morgan fingerprint density at radius 2 is 1.52 bits per heavy atom. The van der Waals surface area contributed by atoms with Crippen molar-refractivity contribution < 1.29 is 38.9 Å². The van der Waals surface area contributed by atoms with Gasteiger partial charge in [0.05, 0.1) is 0 Å². The van der Waals surface area contributed by atoms with E-state index in [0.717, 1.165) is 0 Å². The lowest BCUT2D eigenvalue weighted by Crippen LogP contribution is -2.46. The zero-order valence-electron chi connectivity index (χ0n) is 16.7. The highest BCUT2D eigenvalue weighted by Gasteiger charge is 2.39. The fraction of sp³-hybridized carbons (Fsp3) is 0.421. The number of nitrogens with one attached hydrogen (secondary N) is 2. The molecule has 1 heterocycles. The fourth-order valence-corrected chi connectivity index (χ4v) is 3.02. The van der Waals surface area contributed by atoms with Crippen LogP contribution in [0.15, 0.2) is 24.3 Å². The van der Waals surface area contributed by atoms with Crippen LogP contribution in [0.2, 0.25) is 0 Å². The van der Waals surface area contributed by atoms with Gasteiger partial charge in [0.1, 0.15) is 37.3 Å². The summed E-state index contributed by atoms with van der Waals surface area (Å²) in [4.78, 5) is 48.0. The van der Waals surface area contributed by atoms with E-state index in [2.05, 4.69) is 5.32 Å². The molecule has 1 saturated heterocycles. The number of aliphatic carboxylic acids is 2. The number of carbonyl (C=O) groups is 4. The molecule has 0 bridgehead atoms. The second kappa shape index (κ2) is 10.5. The van der Waals surface area contributed by atoms with E-state index in [4.69, 9.17) is 30.8 Å². The Balaban J connectivity index is 1.99. The molecule has 12 nitrogen and oxygen atoms in total. The lowest BCUT2D eigenvalue weighted by Gasteiger charge is -2.21. The fourth-order valence-electron chi connectivity index (χ4n) is 3.02. The first-order chi connectivity index (χ1) is 14.6. The van der Waals surface area contributed by atoms with Gasteiger partial charge in [-0.05, 0) is 19.1 Å². The van der Waals surface area contributed by atoms with Crippen molar-refractivity contribution in [3.8, 4) is 0 Å². The molecule has 1 aliphatic rings. The van der Waals surface area contributed by atoms with Crippen LogP contribution in [0, 0.1) is 5.41 Å². The van der Waals surface area contributed by atoms with Gasteiger partial charge < -0.3 is 35.6 Å². The molecular formula is C19H24N4O8. The molecule has 0 aromatic heterocycles. The van der Waals surface area contributed by atoms with Crippen LogP contribution in [0.3, 0.4) is 0 Å². The third-order valence-corrected chi connectivity index (χ3v) is 4.54. The van der Waals surface area contributed by atoms with E-state index in [9.17, 15) is 19.2 Å². The zero-order chi connectivity index (χ0) is 23.1. The maximum atomic E-state index is 12.7. The van der Waals surface area contributed by atoms with Crippen molar-refractivity contribution in [2.45, 2.75) is 25.2 Å². The molecule has 0 radical (unpaired) electrons. The molecule has 0 aliphatic carbocycles. The van der Waals surface area contributed by atoms with Crippen molar-refractivity contribution in [1.82, 2.24) is 10.2 Å². The number of hydrogen-bond acceptors (Lipinski definition) is 7. The summed E-state index contributed by atoms with van der Waals surface area (Å²) in [6.07, 6.45) is -1.64. The summed E-state index contributed by atoms with van der Waals surface area (Å²) in [7, 11) is 0. The topological polar surface area (TPSA) is 192 Å². The number of carboxylic acids is 2. The Kier molecular flexibility index (Phi) is 8.05. The number of likely N-dealkylation sites (tertiary alicyclic amines) is 1. The molecule has 0 unspecified atom stereocenters. The smallest absolute Gasteiger partial charge is 0.329 e. The molecule has 31 heavy (non-hydrogen) atoms. The molecule has 12 heteroatoms. The normalized spacial score (nSPS) is 18.9. The van der Waals surface area contributed by atoms with E-state index in [1.54, 1.807) is 0 Å². The SMILES string of the molecule is C[C@H](NC(=O)c1ccc(C(=N)N)cc1)C(=O)N1C[C@H](OCC(=O)O)[C@@H](OCC(=O)O)C1. The average Bonchev–Trinajstić information content (AvgIpc) is 3.13. The minimum atomic E-state index is -1.21. The largest absolute Gasteiger partial charge is 0.480 e. The Morgan fingerprint density at radius 3 is 1.94 bits per heavy atom. The molecule has 2 rings (SSSR count). The van der Waals surface area contributed by atoms with Crippen LogP contribution in [0.25, 0.3) is 0 Å². The third kappa shape index (κ3) is 6.76. The van der Waals surface area contributed by atoms with E-state index in [1.807, 2.05) is 0 Å². The number of carbonyl (C=O) groups excluding carboxylic acids is 2. The highest BCUT2D eigenvalue weighted by molar-refractivity contribution is 5.99. The van der Waals surface area contributed by atoms with Gasteiger partial charge in [0.2, 0.25) is 5.91 Å². The highest BCUT2D eigenvalue weighted by Crippen LogP contribution is 2.18. The standard InChI is InChI=1S/C19H24N4O8/c1-10(22-18(28)12-4-2-11(3-5-12)17(20)21)19(29)23-6-13(30-8-15(24)25)14(7-23)31-9-16(26)27/h2-5,10,13-14H,6-9H2,1H3,(H3,20,21)(H,22,28)(H,24,25)(H,26,27)/t10-,13-,14-/m0/s1. The van der Waals surface area contributed by atoms with Crippen molar-refractivity contribution in [3.63, 3.8) is 0 Å². The van der Waals surface area contributed by atoms with Gasteiger partial charge in [-0.1, -0.05) is 12.1 Å². The molecule has 1 aromatic carbocycles. The summed E-state index contributed by atoms with van der Waals surface area (Å²) in [6.45, 7) is 0.223. The van der Waals surface area contributed by atoms with Crippen molar-refractivity contribution in [3.05, 3.63) is 35.4 Å². The van der Waals surface area contributed by atoms with Gasteiger partial charge in [-0.3, -0.25) is 15.0 Å². The van der Waals surface area contributed by atoms with Crippen molar-refractivity contribution in [2.24, 2.45) is 5.73 Å². The quantitative estimate of drug-likeness (QED) is 0.223. The first-order valence-electron chi connectivity index (χ1n) is 9.29. The summed E-state index contributed by atoms with van der Waals surface area (Å²) in [6, 6.07) is 5.06. The summed E-state index contributed by atoms with van der Waals surface area (Å²) in [5, 5.41) is 27.5. The number of amidine groups is 1. The van der Waals surface area contributed by atoms with Gasteiger partial charge in [-0.15, -0.1) is 0 Å². The highest BCUT2D eigenvalue weighted by atomic mass is 16.6. The predicted molar refractivity (Wildman–Crippen MR) is 106 cm³/mol. The minimum absolute atomic E-state index is 0.0100. The number of nitrogens with zero attached hydrogens (tertiary/aromatic N) is 1. The maximum absolute atomic E-state index is 12.7. The van der Waals surface area contributed by atoms with Gasteiger partial charge >= 0.3 is 11.9 Å². The number of amides is 2. The average molecular weight is 436 g/mol. The summed E-state index contributed by atoms with van der Waals surface area (Å²) < 4.78 is 10.4. The van der Waals surface area contributed by atoms with E-state index in [0.29, 0.717) is 5.56 Å². The molecule has 168 valence electrons.